The zero-order chi connectivity index (χ0) is 18.2. The SMILES string of the molecule is CC1=CC(c2cccc3c4ccccc4n(Cc4ccccc4)c23)NC=N1. The largest absolute Gasteiger partial charge is 0.366 e. The highest BCUT2D eigenvalue weighted by atomic mass is 15.0. The smallest absolute Gasteiger partial charge is 0.0889 e. The van der Waals surface area contributed by atoms with Crippen molar-refractivity contribution < 1.29 is 0 Å². The third-order valence-electron chi connectivity index (χ3n) is 5.27. The molecule has 1 N–H and O–H groups in total. The maximum atomic E-state index is 4.34. The predicted octanol–water partition coefficient (Wildman–Crippen LogP) is 5.42. The molecule has 3 aromatic carbocycles. The van der Waals surface area contributed by atoms with Crippen molar-refractivity contribution >= 4 is 28.1 Å². The van der Waals surface area contributed by atoms with Gasteiger partial charge in [-0.15, -0.1) is 0 Å². The van der Waals surface area contributed by atoms with Crippen LogP contribution < -0.4 is 5.32 Å². The van der Waals surface area contributed by atoms with Crippen LogP contribution >= 0.6 is 0 Å². The summed E-state index contributed by atoms with van der Waals surface area (Å²) in [7, 11) is 0. The van der Waals surface area contributed by atoms with Gasteiger partial charge in [-0.2, -0.15) is 0 Å². The van der Waals surface area contributed by atoms with Gasteiger partial charge in [0.25, 0.3) is 0 Å². The molecule has 3 nitrogen and oxygen atoms in total. The van der Waals surface area contributed by atoms with Crippen LogP contribution in [0.2, 0.25) is 0 Å². The molecule has 5 rings (SSSR count). The summed E-state index contributed by atoms with van der Waals surface area (Å²) in [5.74, 6) is 0. The van der Waals surface area contributed by atoms with Gasteiger partial charge in [0.05, 0.1) is 17.9 Å². The van der Waals surface area contributed by atoms with E-state index in [2.05, 4.69) is 93.7 Å². The lowest BCUT2D eigenvalue weighted by molar-refractivity contribution is 0.771. The molecule has 0 aliphatic carbocycles. The standard InChI is InChI=1S/C24H21N3/c1-17-14-22(26-16-25-17)21-12-7-11-20-19-10-5-6-13-23(19)27(24(20)21)15-18-8-3-2-4-9-18/h2-14,16,22H,15H2,1H3,(H,25,26). The minimum Gasteiger partial charge on any atom is -0.366 e. The molecule has 0 fully saturated rings. The minimum absolute atomic E-state index is 0.130. The Bertz CT molecular complexity index is 1180. The van der Waals surface area contributed by atoms with Crippen LogP contribution in [0.4, 0.5) is 0 Å². The van der Waals surface area contributed by atoms with Crippen molar-refractivity contribution in [2.75, 3.05) is 0 Å². The monoisotopic (exact) mass is 351 g/mol. The zero-order valence-electron chi connectivity index (χ0n) is 15.3. The number of allylic oxidation sites excluding steroid dienone is 1. The van der Waals surface area contributed by atoms with E-state index >= 15 is 0 Å². The molecule has 0 spiro atoms. The Labute approximate surface area is 158 Å². The molecule has 0 radical (unpaired) electrons. The van der Waals surface area contributed by atoms with E-state index < -0.39 is 0 Å². The van der Waals surface area contributed by atoms with E-state index in [1.807, 2.05) is 13.3 Å². The predicted molar refractivity (Wildman–Crippen MR) is 113 cm³/mol. The molecule has 3 heteroatoms. The average molecular weight is 351 g/mol. The van der Waals surface area contributed by atoms with Crippen LogP contribution in [0.3, 0.4) is 0 Å². The van der Waals surface area contributed by atoms with Gasteiger partial charge in [-0.05, 0) is 24.6 Å². The van der Waals surface area contributed by atoms with Gasteiger partial charge in [0.1, 0.15) is 0 Å². The van der Waals surface area contributed by atoms with E-state index in [9.17, 15) is 0 Å². The van der Waals surface area contributed by atoms with E-state index in [-0.39, 0.29) is 6.04 Å². The average Bonchev–Trinajstić information content (AvgIpc) is 3.03. The number of aliphatic imine (C=N–C) groups is 1. The molecule has 2 heterocycles. The van der Waals surface area contributed by atoms with Crippen molar-refractivity contribution in [1.82, 2.24) is 9.88 Å². The van der Waals surface area contributed by atoms with Crippen LogP contribution in [-0.4, -0.2) is 10.9 Å². The third-order valence-corrected chi connectivity index (χ3v) is 5.27. The molecule has 0 bridgehead atoms. The number of aromatic nitrogens is 1. The van der Waals surface area contributed by atoms with E-state index in [0.29, 0.717) is 0 Å². The molecule has 1 aliphatic rings. The van der Waals surface area contributed by atoms with Crippen LogP contribution in [0.5, 0.6) is 0 Å². The first-order valence-corrected chi connectivity index (χ1v) is 9.32. The lowest BCUT2D eigenvalue weighted by atomic mass is 10.0. The number of fused-ring (bicyclic) bond motifs is 3. The number of nitrogens with zero attached hydrogens (tertiary/aromatic N) is 2. The lowest BCUT2D eigenvalue weighted by Crippen LogP contribution is -2.21. The van der Waals surface area contributed by atoms with Crippen molar-refractivity contribution in [3.63, 3.8) is 0 Å². The Morgan fingerprint density at radius 1 is 0.889 bits per heavy atom. The molecule has 4 aromatic rings. The fourth-order valence-electron chi connectivity index (χ4n) is 4.05. The van der Waals surface area contributed by atoms with Crippen molar-refractivity contribution in [3.05, 3.63) is 95.7 Å². The maximum Gasteiger partial charge on any atom is 0.0889 e. The number of benzene rings is 3. The molecular formula is C24H21N3. The van der Waals surface area contributed by atoms with Crippen molar-refractivity contribution in [3.8, 4) is 0 Å². The summed E-state index contributed by atoms with van der Waals surface area (Å²) >= 11 is 0. The van der Waals surface area contributed by atoms with Crippen LogP contribution in [0.1, 0.15) is 24.1 Å². The zero-order valence-corrected chi connectivity index (χ0v) is 15.3. The molecule has 0 amide bonds. The van der Waals surface area contributed by atoms with Gasteiger partial charge in [-0.3, -0.25) is 0 Å². The summed E-state index contributed by atoms with van der Waals surface area (Å²) < 4.78 is 2.45. The van der Waals surface area contributed by atoms with E-state index in [0.717, 1.165) is 12.2 Å². The summed E-state index contributed by atoms with van der Waals surface area (Å²) in [6, 6.07) is 26.1. The highest BCUT2D eigenvalue weighted by molar-refractivity contribution is 6.09. The Morgan fingerprint density at radius 2 is 1.67 bits per heavy atom. The molecular weight excluding hydrogens is 330 g/mol. The van der Waals surface area contributed by atoms with Crippen LogP contribution in [0.25, 0.3) is 21.8 Å². The molecule has 0 saturated heterocycles. The number of rotatable bonds is 3. The van der Waals surface area contributed by atoms with Crippen molar-refractivity contribution in [2.24, 2.45) is 4.99 Å². The summed E-state index contributed by atoms with van der Waals surface area (Å²) in [4.78, 5) is 4.34. The summed E-state index contributed by atoms with van der Waals surface area (Å²) in [6.07, 6.45) is 4.00. The van der Waals surface area contributed by atoms with Gasteiger partial charge < -0.3 is 9.88 Å². The molecule has 1 atom stereocenters. The number of nitrogens with one attached hydrogen (secondary N) is 1. The van der Waals surface area contributed by atoms with Crippen molar-refractivity contribution in [1.29, 1.82) is 0 Å². The second kappa shape index (κ2) is 6.44. The molecule has 132 valence electrons. The van der Waals surface area contributed by atoms with Gasteiger partial charge >= 0.3 is 0 Å². The summed E-state index contributed by atoms with van der Waals surface area (Å²) in [5, 5.41) is 6.01. The first kappa shape index (κ1) is 15.9. The molecule has 1 aliphatic heterocycles. The van der Waals surface area contributed by atoms with Gasteiger partial charge in [0, 0.05) is 34.1 Å². The van der Waals surface area contributed by atoms with Gasteiger partial charge in [0.2, 0.25) is 0 Å². The number of para-hydroxylation sites is 2. The first-order valence-electron chi connectivity index (χ1n) is 9.32. The van der Waals surface area contributed by atoms with Gasteiger partial charge in [0.15, 0.2) is 0 Å². The quantitative estimate of drug-likeness (QED) is 0.525. The Hall–Kier alpha value is -3.33. The van der Waals surface area contributed by atoms with Gasteiger partial charge in [-0.1, -0.05) is 66.7 Å². The summed E-state index contributed by atoms with van der Waals surface area (Å²) in [5.41, 5.74) is 6.19. The first-order chi connectivity index (χ1) is 13.3. The van der Waals surface area contributed by atoms with Crippen molar-refractivity contribution in [2.45, 2.75) is 19.5 Å². The second-order valence-electron chi connectivity index (χ2n) is 7.04. The van der Waals surface area contributed by atoms with E-state index in [1.165, 1.54) is 32.9 Å². The van der Waals surface area contributed by atoms with Crippen LogP contribution in [0.15, 0.2) is 89.6 Å². The highest BCUT2D eigenvalue weighted by Gasteiger charge is 2.19. The minimum atomic E-state index is 0.130. The maximum absolute atomic E-state index is 4.34. The molecule has 27 heavy (non-hydrogen) atoms. The lowest BCUT2D eigenvalue weighted by Gasteiger charge is -2.20. The summed E-state index contributed by atoms with van der Waals surface area (Å²) in [6.45, 7) is 2.90. The number of hydrogen-bond donors (Lipinski definition) is 1. The number of hydrogen-bond acceptors (Lipinski definition) is 2. The van der Waals surface area contributed by atoms with E-state index in [4.69, 9.17) is 0 Å². The van der Waals surface area contributed by atoms with E-state index in [1.54, 1.807) is 0 Å². The second-order valence-corrected chi connectivity index (χ2v) is 7.04. The third kappa shape index (κ3) is 2.72. The van der Waals surface area contributed by atoms with Crippen LogP contribution in [-0.2, 0) is 6.54 Å². The molecule has 0 saturated carbocycles. The fraction of sp³-hybridized carbons (Fsp3) is 0.125. The molecule has 1 unspecified atom stereocenters. The molecule has 1 aromatic heterocycles. The Morgan fingerprint density at radius 3 is 2.52 bits per heavy atom. The Balaban J connectivity index is 1.79. The normalized spacial score (nSPS) is 16.5. The Kier molecular flexibility index (Phi) is 3.79. The topological polar surface area (TPSA) is 29.3 Å². The fourth-order valence-corrected chi connectivity index (χ4v) is 4.05. The highest BCUT2D eigenvalue weighted by Crippen LogP contribution is 2.35. The van der Waals surface area contributed by atoms with Crippen LogP contribution in [0, 0.1) is 0 Å². The van der Waals surface area contributed by atoms with Gasteiger partial charge in [-0.25, -0.2) is 4.99 Å².